The number of aromatic nitrogens is 1. The van der Waals surface area contributed by atoms with Gasteiger partial charge in [-0.1, -0.05) is 0 Å². The largest absolute Gasteiger partial charge is 0.497 e. The summed E-state index contributed by atoms with van der Waals surface area (Å²) in [5, 5.41) is 0. The van der Waals surface area contributed by atoms with Gasteiger partial charge in [-0.3, -0.25) is 4.98 Å². The summed E-state index contributed by atoms with van der Waals surface area (Å²) < 4.78 is 10.7. The Labute approximate surface area is 125 Å². The molecular formula is C17H20N2O2. The lowest BCUT2D eigenvalue weighted by Gasteiger charge is -2.18. The predicted molar refractivity (Wildman–Crippen MR) is 84.2 cm³/mol. The summed E-state index contributed by atoms with van der Waals surface area (Å²) in [6, 6.07) is 10.0. The maximum atomic E-state index is 5.47. The summed E-state index contributed by atoms with van der Waals surface area (Å²) in [4.78, 5) is 6.90. The molecule has 0 radical (unpaired) electrons. The third kappa shape index (κ3) is 2.79. The van der Waals surface area contributed by atoms with Crippen molar-refractivity contribution in [1.29, 1.82) is 0 Å². The first kappa shape index (κ1) is 13.7. The molecule has 0 atom stereocenters. The van der Waals surface area contributed by atoms with Gasteiger partial charge in [-0.25, -0.2) is 0 Å². The van der Waals surface area contributed by atoms with Crippen molar-refractivity contribution < 1.29 is 9.47 Å². The summed E-state index contributed by atoms with van der Waals surface area (Å²) in [7, 11) is 3.32. The molecule has 2 heterocycles. The average Bonchev–Trinajstić information content (AvgIpc) is 3.09. The molecular weight excluding hydrogens is 264 g/mol. The average molecular weight is 284 g/mol. The van der Waals surface area contributed by atoms with Crippen molar-refractivity contribution in [2.75, 3.05) is 32.2 Å². The Morgan fingerprint density at radius 1 is 1.00 bits per heavy atom. The van der Waals surface area contributed by atoms with Gasteiger partial charge >= 0.3 is 0 Å². The molecule has 1 saturated heterocycles. The van der Waals surface area contributed by atoms with E-state index in [0.717, 1.165) is 35.8 Å². The molecule has 21 heavy (non-hydrogen) atoms. The fourth-order valence-corrected chi connectivity index (χ4v) is 2.75. The van der Waals surface area contributed by atoms with Crippen LogP contribution in [0, 0.1) is 0 Å². The zero-order valence-corrected chi connectivity index (χ0v) is 12.5. The van der Waals surface area contributed by atoms with Gasteiger partial charge in [0.25, 0.3) is 0 Å². The van der Waals surface area contributed by atoms with Gasteiger partial charge in [0.2, 0.25) is 0 Å². The summed E-state index contributed by atoms with van der Waals surface area (Å²) >= 11 is 0. The fourth-order valence-electron chi connectivity index (χ4n) is 2.75. The molecule has 110 valence electrons. The van der Waals surface area contributed by atoms with E-state index in [-0.39, 0.29) is 0 Å². The lowest BCUT2D eigenvalue weighted by molar-refractivity contribution is 0.395. The molecule has 1 aliphatic heterocycles. The number of rotatable bonds is 4. The Bertz CT molecular complexity index is 622. The number of pyridine rings is 1. The number of ether oxygens (including phenoxy) is 2. The van der Waals surface area contributed by atoms with E-state index in [2.05, 4.69) is 22.0 Å². The Kier molecular flexibility index (Phi) is 3.95. The standard InChI is InChI=1S/C17H20N2O2/c1-20-14-5-6-15(17(12-14)21-2)16-11-13(7-8-18-16)19-9-3-4-10-19/h5-8,11-12H,3-4,9-10H2,1-2H3. The number of methoxy groups -OCH3 is 2. The molecule has 1 aromatic carbocycles. The van der Waals surface area contributed by atoms with E-state index >= 15 is 0 Å². The van der Waals surface area contributed by atoms with Gasteiger partial charge in [0.1, 0.15) is 11.5 Å². The predicted octanol–water partition coefficient (Wildman–Crippen LogP) is 3.37. The minimum absolute atomic E-state index is 0.778. The maximum absolute atomic E-state index is 5.47. The zero-order chi connectivity index (χ0) is 14.7. The first-order valence-corrected chi connectivity index (χ1v) is 7.25. The molecule has 0 aliphatic carbocycles. The topological polar surface area (TPSA) is 34.6 Å². The van der Waals surface area contributed by atoms with Gasteiger partial charge in [-0.05, 0) is 37.1 Å². The van der Waals surface area contributed by atoms with Gasteiger partial charge < -0.3 is 14.4 Å². The van der Waals surface area contributed by atoms with Crippen molar-refractivity contribution in [2.24, 2.45) is 0 Å². The van der Waals surface area contributed by atoms with E-state index in [1.54, 1.807) is 14.2 Å². The monoisotopic (exact) mass is 284 g/mol. The second-order valence-corrected chi connectivity index (χ2v) is 5.16. The van der Waals surface area contributed by atoms with Crippen molar-refractivity contribution in [3.63, 3.8) is 0 Å². The molecule has 4 nitrogen and oxygen atoms in total. The van der Waals surface area contributed by atoms with E-state index in [0.29, 0.717) is 0 Å². The third-order valence-corrected chi connectivity index (χ3v) is 3.90. The number of nitrogens with zero attached hydrogens (tertiary/aromatic N) is 2. The van der Waals surface area contributed by atoms with Crippen LogP contribution in [0.25, 0.3) is 11.3 Å². The highest BCUT2D eigenvalue weighted by Crippen LogP contribution is 2.34. The minimum Gasteiger partial charge on any atom is -0.497 e. The van der Waals surface area contributed by atoms with E-state index in [4.69, 9.17) is 9.47 Å². The SMILES string of the molecule is COc1ccc(-c2cc(N3CCCC3)ccn2)c(OC)c1. The first-order chi connectivity index (χ1) is 10.3. The van der Waals surface area contributed by atoms with Gasteiger partial charge in [0.15, 0.2) is 0 Å². The van der Waals surface area contributed by atoms with Crippen LogP contribution < -0.4 is 14.4 Å². The minimum atomic E-state index is 0.778. The molecule has 1 fully saturated rings. The van der Waals surface area contributed by atoms with Crippen LogP contribution in [0.3, 0.4) is 0 Å². The van der Waals surface area contributed by atoms with Gasteiger partial charge in [0, 0.05) is 36.6 Å². The van der Waals surface area contributed by atoms with Crippen LogP contribution in [0.2, 0.25) is 0 Å². The lowest BCUT2D eigenvalue weighted by Crippen LogP contribution is -2.17. The summed E-state index contributed by atoms with van der Waals surface area (Å²) in [5.74, 6) is 1.56. The van der Waals surface area contributed by atoms with Crippen LogP contribution in [0.5, 0.6) is 11.5 Å². The molecule has 3 rings (SSSR count). The van der Waals surface area contributed by atoms with Crippen LogP contribution in [-0.4, -0.2) is 32.3 Å². The van der Waals surface area contributed by atoms with Crippen molar-refractivity contribution in [3.05, 3.63) is 36.5 Å². The third-order valence-electron chi connectivity index (χ3n) is 3.90. The van der Waals surface area contributed by atoms with Gasteiger partial charge in [-0.15, -0.1) is 0 Å². The van der Waals surface area contributed by atoms with E-state index in [1.807, 2.05) is 24.4 Å². The first-order valence-electron chi connectivity index (χ1n) is 7.25. The molecule has 1 aliphatic rings. The molecule has 0 saturated carbocycles. The number of hydrogen-bond donors (Lipinski definition) is 0. The Hall–Kier alpha value is -2.23. The Balaban J connectivity index is 1.98. The van der Waals surface area contributed by atoms with Crippen LogP contribution in [-0.2, 0) is 0 Å². The molecule has 0 amide bonds. The Morgan fingerprint density at radius 2 is 1.81 bits per heavy atom. The summed E-state index contributed by atoms with van der Waals surface area (Å²) in [6.07, 6.45) is 4.40. The van der Waals surface area contributed by atoms with Crippen molar-refractivity contribution in [3.8, 4) is 22.8 Å². The van der Waals surface area contributed by atoms with Crippen LogP contribution in [0.15, 0.2) is 36.5 Å². The van der Waals surface area contributed by atoms with E-state index in [9.17, 15) is 0 Å². The highest BCUT2D eigenvalue weighted by molar-refractivity contribution is 5.71. The fraction of sp³-hybridized carbons (Fsp3) is 0.353. The van der Waals surface area contributed by atoms with E-state index < -0.39 is 0 Å². The second kappa shape index (κ2) is 6.04. The van der Waals surface area contributed by atoms with Gasteiger partial charge in [0.05, 0.1) is 19.9 Å². The van der Waals surface area contributed by atoms with Gasteiger partial charge in [-0.2, -0.15) is 0 Å². The van der Waals surface area contributed by atoms with E-state index in [1.165, 1.54) is 18.5 Å². The quantitative estimate of drug-likeness (QED) is 0.862. The smallest absolute Gasteiger partial charge is 0.131 e. The highest BCUT2D eigenvalue weighted by Gasteiger charge is 2.14. The van der Waals surface area contributed by atoms with Crippen molar-refractivity contribution in [2.45, 2.75) is 12.8 Å². The molecule has 0 unspecified atom stereocenters. The van der Waals surface area contributed by atoms with Crippen LogP contribution in [0.4, 0.5) is 5.69 Å². The van der Waals surface area contributed by atoms with Crippen molar-refractivity contribution >= 4 is 5.69 Å². The highest BCUT2D eigenvalue weighted by atomic mass is 16.5. The van der Waals surface area contributed by atoms with Crippen molar-refractivity contribution in [1.82, 2.24) is 4.98 Å². The van der Waals surface area contributed by atoms with Crippen LogP contribution in [0.1, 0.15) is 12.8 Å². The number of hydrogen-bond acceptors (Lipinski definition) is 4. The lowest BCUT2D eigenvalue weighted by atomic mass is 10.1. The summed E-state index contributed by atoms with van der Waals surface area (Å²) in [5.41, 5.74) is 3.15. The number of anilines is 1. The van der Waals surface area contributed by atoms with Crippen LogP contribution >= 0.6 is 0 Å². The molecule has 0 bridgehead atoms. The zero-order valence-electron chi connectivity index (χ0n) is 12.5. The normalized spacial score (nSPS) is 14.3. The molecule has 0 spiro atoms. The Morgan fingerprint density at radius 3 is 2.52 bits per heavy atom. The molecule has 2 aromatic rings. The second-order valence-electron chi connectivity index (χ2n) is 5.16. The maximum Gasteiger partial charge on any atom is 0.131 e. The summed E-state index contributed by atoms with van der Waals surface area (Å²) in [6.45, 7) is 2.26. The molecule has 1 aromatic heterocycles. The number of benzene rings is 1. The molecule has 4 heteroatoms. The molecule has 0 N–H and O–H groups in total.